The summed E-state index contributed by atoms with van der Waals surface area (Å²) < 4.78 is 0. The molecule has 1 atom stereocenters. The molecule has 5 heteroatoms. The highest BCUT2D eigenvalue weighted by Crippen LogP contribution is 2.36. The molecule has 1 fully saturated rings. The number of aryl methyl sites for hydroxylation is 1. The quantitative estimate of drug-likeness (QED) is 0.342. The number of rotatable bonds is 7. The van der Waals surface area contributed by atoms with Crippen molar-refractivity contribution in [2.45, 2.75) is 39.3 Å². The summed E-state index contributed by atoms with van der Waals surface area (Å²) >= 11 is 13.0. The Labute approximate surface area is 213 Å². The van der Waals surface area contributed by atoms with Crippen LogP contribution in [0.1, 0.15) is 48.6 Å². The van der Waals surface area contributed by atoms with E-state index in [2.05, 4.69) is 72.2 Å². The number of hydrogen-bond donors (Lipinski definition) is 0. The maximum atomic E-state index is 9.08. The number of benzene rings is 3. The molecule has 3 aromatic carbocycles. The van der Waals surface area contributed by atoms with Crippen molar-refractivity contribution in [1.29, 1.82) is 5.26 Å². The molecular formula is C29H31Cl2N3. The summed E-state index contributed by atoms with van der Waals surface area (Å²) in [5, 5.41) is 10.6. The molecular weight excluding hydrogens is 461 g/mol. The van der Waals surface area contributed by atoms with Gasteiger partial charge in [-0.1, -0.05) is 67.4 Å². The lowest BCUT2D eigenvalue weighted by Gasteiger charge is -2.43. The molecule has 0 saturated carbocycles. The molecule has 0 spiro atoms. The number of nitriles is 1. The van der Waals surface area contributed by atoms with Gasteiger partial charge < -0.3 is 4.90 Å². The summed E-state index contributed by atoms with van der Waals surface area (Å²) in [5.74, 6) is 0.678. The molecule has 3 aromatic rings. The van der Waals surface area contributed by atoms with Crippen LogP contribution in [0.5, 0.6) is 0 Å². The van der Waals surface area contributed by atoms with Gasteiger partial charge in [0, 0.05) is 31.2 Å². The zero-order valence-corrected chi connectivity index (χ0v) is 21.4. The monoisotopic (exact) mass is 491 g/mol. The molecule has 176 valence electrons. The van der Waals surface area contributed by atoms with Gasteiger partial charge in [0.2, 0.25) is 0 Å². The molecule has 0 N–H and O–H groups in total. The van der Waals surface area contributed by atoms with Crippen LogP contribution in [0.3, 0.4) is 0 Å². The van der Waals surface area contributed by atoms with Crippen LogP contribution in [0.4, 0.5) is 5.69 Å². The van der Waals surface area contributed by atoms with E-state index in [0.717, 1.165) is 54.8 Å². The second-order valence-electron chi connectivity index (χ2n) is 9.52. The Balaban J connectivity index is 1.57. The van der Waals surface area contributed by atoms with E-state index in [0.29, 0.717) is 11.5 Å². The number of halogens is 2. The third-order valence-corrected chi connectivity index (χ3v) is 7.10. The molecule has 0 aromatic heterocycles. The van der Waals surface area contributed by atoms with E-state index >= 15 is 0 Å². The first kappa shape index (κ1) is 24.6. The van der Waals surface area contributed by atoms with Crippen LogP contribution in [0.25, 0.3) is 0 Å². The highest BCUT2D eigenvalue weighted by molar-refractivity contribution is 6.33. The Bertz CT molecular complexity index is 1130. The third kappa shape index (κ3) is 6.13. The molecule has 4 rings (SSSR count). The van der Waals surface area contributed by atoms with Crippen LogP contribution in [0.2, 0.25) is 10.0 Å². The van der Waals surface area contributed by atoms with Crippen molar-refractivity contribution >= 4 is 28.9 Å². The lowest BCUT2D eigenvalue weighted by atomic mass is 9.99. The first-order valence-corrected chi connectivity index (χ1v) is 12.7. The minimum Gasteiger partial charge on any atom is -0.361 e. The van der Waals surface area contributed by atoms with Gasteiger partial charge in [-0.25, -0.2) is 0 Å². The summed E-state index contributed by atoms with van der Waals surface area (Å²) in [4.78, 5) is 4.91. The van der Waals surface area contributed by atoms with Crippen LogP contribution >= 0.6 is 23.2 Å². The lowest BCUT2D eigenvalue weighted by molar-refractivity contribution is 0.215. The minimum atomic E-state index is 0.170. The van der Waals surface area contributed by atoms with Gasteiger partial charge in [-0.2, -0.15) is 5.26 Å². The number of piperazine rings is 1. The van der Waals surface area contributed by atoms with Crippen molar-refractivity contribution < 1.29 is 0 Å². The summed E-state index contributed by atoms with van der Waals surface area (Å²) in [6.07, 6.45) is 2.22. The Kier molecular flexibility index (Phi) is 8.16. The fourth-order valence-corrected chi connectivity index (χ4v) is 5.02. The molecule has 1 aliphatic heterocycles. The van der Waals surface area contributed by atoms with Gasteiger partial charge in [0.15, 0.2) is 0 Å². The summed E-state index contributed by atoms with van der Waals surface area (Å²) in [7, 11) is 0. The van der Waals surface area contributed by atoms with Gasteiger partial charge in [0.25, 0.3) is 0 Å². The average molecular weight is 492 g/mol. The predicted octanol–water partition coefficient (Wildman–Crippen LogP) is 7.52. The largest absolute Gasteiger partial charge is 0.361 e. The molecule has 0 bridgehead atoms. The van der Waals surface area contributed by atoms with Crippen molar-refractivity contribution in [3.8, 4) is 6.07 Å². The Morgan fingerprint density at radius 2 is 1.65 bits per heavy atom. The first-order valence-electron chi connectivity index (χ1n) is 11.9. The topological polar surface area (TPSA) is 30.3 Å². The van der Waals surface area contributed by atoms with E-state index in [1.807, 2.05) is 24.3 Å². The summed E-state index contributed by atoms with van der Waals surface area (Å²) in [6.45, 7) is 8.07. The average Bonchev–Trinajstić information content (AvgIpc) is 2.84. The highest BCUT2D eigenvalue weighted by Gasteiger charge is 2.29. The molecule has 0 unspecified atom stereocenters. The van der Waals surface area contributed by atoms with Gasteiger partial charge in [0.05, 0.1) is 28.4 Å². The second kappa shape index (κ2) is 11.3. The van der Waals surface area contributed by atoms with Crippen molar-refractivity contribution in [3.05, 3.63) is 99.0 Å². The summed E-state index contributed by atoms with van der Waals surface area (Å²) in [6, 6.07) is 25.0. The molecule has 3 nitrogen and oxygen atoms in total. The summed E-state index contributed by atoms with van der Waals surface area (Å²) in [5.41, 5.74) is 5.53. The van der Waals surface area contributed by atoms with E-state index in [9.17, 15) is 0 Å². The molecule has 0 amide bonds. The van der Waals surface area contributed by atoms with Gasteiger partial charge in [-0.05, 0) is 71.8 Å². The van der Waals surface area contributed by atoms with E-state index in [1.165, 1.54) is 16.7 Å². The zero-order valence-electron chi connectivity index (χ0n) is 19.8. The van der Waals surface area contributed by atoms with Crippen LogP contribution < -0.4 is 4.90 Å². The Hall–Kier alpha value is -2.51. The van der Waals surface area contributed by atoms with Crippen LogP contribution in [0, 0.1) is 17.2 Å². The van der Waals surface area contributed by atoms with Crippen LogP contribution in [-0.2, 0) is 13.0 Å². The molecule has 34 heavy (non-hydrogen) atoms. The van der Waals surface area contributed by atoms with E-state index < -0.39 is 0 Å². The maximum absolute atomic E-state index is 9.08. The molecule has 1 saturated heterocycles. The van der Waals surface area contributed by atoms with Crippen molar-refractivity contribution in [2.75, 3.05) is 24.5 Å². The van der Waals surface area contributed by atoms with Gasteiger partial charge in [-0.15, -0.1) is 0 Å². The zero-order chi connectivity index (χ0) is 24.1. The van der Waals surface area contributed by atoms with Gasteiger partial charge in [-0.3, -0.25) is 4.90 Å². The van der Waals surface area contributed by atoms with Crippen molar-refractivity contribution in [3.63, 3.8) is 0 Å². The number of hydrogen-bond acceptors (Lipinski definition) is 3. The van der Waals surface area contributed by atoms with Crippen LogP contribution in [0.15, 0.2) is 66.7 Å². The predicted molar refractivity (Wildman–Crippen MR) is 143 cm³/mol. The number of anilines is 1. The fourth-order valence-electron chi connectivity index (χ4n) is 4.58. The Morgan fingerprint density at radius 3 is 2.29 bits per heavy atom. The normalized spacial score (nSPS) is 16.6. The maximum Gasteiger partial charge on any atom is 0.0991 e. The number of nitrogens with zero attached hydrogens (tertiary/aromatic N) is 3. The molecule has 1 aliphatic rings. The molecule has 1 heterocycles. The van der Waals surface area contributed by atoms with E-state index in [1.54, 1.807) is 0 Å². The van der Waals surface area contributed by atoms with Gasteiger partial charge >= 0.3 is 0 Å². The minimum absolute atomic E-state index is 0.170. The van der Waals surface area contributed by atoms with E-state index in [-0.39, 0.29) is 6.04 Å². The SMILES string of the molecule is CC(C)CCc1ccc(N2CCN(Cc3ccc(C#N)cc3)C[C@H]2c2ccc(Cl)cc2)c(Cl)c1. The van der Waals surface area contributed by atoms with Crippen molar-refractivity contribution in [1.82, 2.24) is 4.90 Å². The fraction of sp³-hybridized carbons (Fsp3) is 0.345. The van der Waals surface area contributed by atoms with Gasteiger partial charge in [0.1, 0.15) is 0 Å². The smallest absolute Gasteiger partial charge is 0.0991 e. The van der Waals surface area contributed by atoms with Crippen LogP contribution in [-0.4, -0.2) is 24.5 Å². The highest BCUT2D eigenvalue weighted by atomic mass is 35.5. The lowest BCUT2D eigenvalue weighted by Crippen LogP contribution is -2.48. The second-order valence-corrected chi connectivity index (χ2v) is 10.4. The Morgan fingerprint density at radius 1 is 0.941 bits per heavy atom. The van der Waals surface area contributed by atoms with Crippen molar-refractivity contribution in [2.24, 2.45) is 5.92 Å². The first-order chi connectivity index (χ1) is 16.4. The van der Waals surface area contributed by atoms with E-state index in [4.69, 9.17) is 28.5 Å². The molecule has 0 aliphatic carbocycles. The molecule has 0 radical (unpaired) electrons. The third-order valence-electron chi connectivity index (χ3n) is 6.54. The standard InChI is InChI=1S/C29H31Cl2N3/c1-21(2)3-4-22-9-14-28(27(31)17-22)34-16-15-33(19-24-7-5-23(18-32)6-8-24)20-29(34)25-10-12-26(30)13-11-25/h5-14,17,21,29H,3-4,15-16,19-20H2,1-2H3/t29-/m0/s1.